The molecule has 1 aromatic heterocycles. The number of carbonyl (C=O) groups is 2. The number of hydrogen-bond acceptors (Lipinski definition) is 3. The fourth-order valence-electron chi connectivity index (χ4n) is 1.51. The number of nitrogens with zero attached hydrogens (tertiary/aromatic N) is 1. The summed E-state index contributed by atoms with van der Waals surface area (Å²) in [5.41, 5.74) is 0.0595. The molecule has 0 aliphatic heterocycles. The van der Waals surface area contributed by atoms with Crippen molar-refractivity contribution in [2.24, 2.45) is 0 Å². The van der Waals surface area contributed by atoms with Gasteiger partial charge in [-0.3, -0.25) is 4.79 Å². The van der Waals surface area contributed by atoms with Crippen molar-refractivity contribution in [1.82, 2.24) is 4.98 Å². The summed E-state index contributed by atoms with van der Waals surface area (Å²) in [5.74, 6) is -1.67. The molecule has 5 heteroatoms. The van der Waals surface area contributed by atoms with Gasteiger partial charge in [0.15, 0.2) is 0 Å². The number of halogens is 1. The molecule has 1 heterocycles. The van der Waals surface area contributed by atoms with Gasteiger partial charge in [-0.25, -0.2) is 9.78 Å². The van der Waals surface area contributed by atoms with E-state index >= 15 is 0 Å². The molecule has 0 fully saturated rings. The van der Waals surface area contributed by atoms with Crippen LogP contribution >= 0.6 is 11.6 Å². The average Bonchev–Trinajstić information content (AvgIpc) is 2.38. The van der Waals surface area contributed by atoms with E-state index in [-0.39, 0.29) is 16.4 Å². The zero-order chi connectivity index (χ0) is 13.1. The second-order valence-electron chi connectivity index (χ2n) is 3.53. The minimum atomic E-state index is -1.21. The van der Waals surface area contributed by atoms with Gasteiger partial charge in [0, 0.05) is 5.56 Å². The van der Waals surface area contributed by atoms with Crippen LogP contribution in [0.4, 0.5) is 0 Å². The first kappa shape index (κ1) is 12.3. The molecule has 0 unspecified atom stereocenters. The third kappa shape index (κ3) is 2.38. The van der Waals surface area contributed by atoms with Crippen molar-refractivity contribution in [1.29, 1.82) is 0 Å². The maximum atomic E-state index is 12.1. The SMILES string of the molecule is O=C(O)c1ccc(Cl)nc1C(=O)c1ccccc1. The van der Waals surface area contributed by atoms with E-state index in [0.29, 0.717) is 5.56 Å². The maximum absolute atomic E-state index is 12.1. The van der Waals surface area contributed by atoms with Gasteiger partial charge in [0.2, 0.25) is 5.78 Å². The van der Waals surface area contributed by atoms with Gasteiger partial charge in [0.1, 0.15) is 10.8 Å². The molecule has 18 heavy (non-hydrogen) atoms. The van der Waals surface area contributed by atoms with Crippen molar-refractivity contribution < 1.29 is 14.7 Å². The van der Waals surface area contributed by atoms with Crippen molar-refractivity contribution >= 4 is 23.4 Å². The second-order valence-corrected chi connectivity index (χ2v) is 3.92. The van der Waals surface area contributed by atoms with Crippen LogP contribution < -0.4 is 0 Å². The van der Waals surface area contributed by atoms with Gasteiger partial charge in [-0.1, -0.05) is 41.9 Å². The number of carboxylic acids is 1. The summed E-state index contributed by atoms with van der Waals surface area (Å²) in [6, 6.07) is 10.9. The summed E-state index contributed by atoms with van der Waals surface area (Å²) >= 11 is 5.70. The Hall–Kier alpha value is -2.20. The molecule has 0 saturated carbocycles. The first-order valence-electron chi connectivity index (χ1n) is 5.09. The molecule has 0 bridgehead atoms. The van der Waals surface area contributed by atoms with Crippen LogP contribution in [0.3, 0.4) is 0 Å². The predicted molar refractivity (Wildman–Crippen MR) is 66.1 cm³/mol. The van der Waals surface area contributed by atoms with E-state index in [1.165, 1.54) is 12.1 Å². The van der Waals surface area contributed by atoms with Crippen LogP contribution in [-0.2, 0) is 0 Å². The normalized spacial score (nSPS) is 10.1. The highest BCUT2D eigenvalue weighted by Gasteiger charge is 2.19. The fourth-order valence-corrected chi connectivity index (χ4v) is 1.65. The number of carbonyl (C=O) groups excluding carboxylic acids is 1. The minimum Gasteiger partial charge on any atom is -0.478 e. The van der Waals surface area contributed by atoms with Gasteiger partial charge in [0.05, 0.1) is 5.56 Å². The number of benzene rings is 1. The van der Waals surface area contributed by atoms with Crippen LogP contribution in [0, 0.1) is 0 Å². The molecule has 0 spiro atoms. The third-order valence-electron chi connectivity index (χ3n) is 2.34. The van der Waals surface area contributed by atoms with Crippen LogP contribution in [0.15, 0.2) is 42.5 Å². The Morgan fingerprint density at radius 1 is 1.06 bits per heavy atom. The molecule has 2 aromatic rings. The molecule has 1 N–H and O–H groups in total. The second kappa shape index (κ2) is 4.98. The van der Waals surface area contributed by atoms with Gasteiger partial charge < -0.3 is 5.11 Å². The lowest BCUT2D eigenvalue weighted by atomic mass is 10.0. The Balaban J connectivity index is 2.54. The Bertz CT molecular complexity index is 611. The molecule has 0 radical (unpaired) electrons. The maximum Gasteiger partial charge on any atom is 0.338 e. The quantitative estimate of drug-likeness (QED) is 0.681. The highest BCUT2D eigenvalue weighted by atomic mass is 35.5. The number of aromatic nitrogens is 1. The number of hydrogen-bond donors (Lipinski definition) is 1. The van der Waals surface area contributed by atoms with Crippen molar-refractivity contribution in [3.05, 3.63) is 64.4 Å². The average molecular weight is 262 g/mol. The minimum absolute atomic E-state index is 0.0827. The topological polar surface area (TPSA) is 67.3 Å². The Morgan fingerprint density at radius 2 is 1.72 bits per heavy atom. The van der Waals surface area contributed by atoms with Crippen LogP contribution in [0.1, 0.15) is 26.4 Å². The summed E-state index contributed by atoms with van der Waals surface area (Å²) in [5, 5.41) is 9.10. The lowest BCUT2D eigenvalue weighted by Crippen LogP contribution is -2.12. The molecule has 0 saturated heterocycles. The number of carboxylic acid groups (broad SMARTS) is 1. The van der Waals surface area contributed by atoms with E-state index < -0.39 is 11.8 Å². The molecule has 4 nitrogen and oxygen atoms in total. The fraction of sp³-hybridized carbons (Fsp3) is 0. The predicted octanol–water partition coefficient (Wildman–Crippen LogP) is 2.66. The zero-order valence-electron chi connectivity index (χ0n) is 9.13. The number of aromatic carboxylic acids is 1. The van der Waals surface area contributed by atoms with Crippen molar-refractivity contribution in [2.45, 2.75) is 0 Å². The number of rotatable bonds is 3. The Kier molecular flexibility index (Phi) is 3.39. The lowest BCUT2D eigenvalue weighted by Gasteiger charge is -2.04. The van der Waals surface area contributed by atoms with Crippen LogP contribution in [-0.4, -0.2) is 21.8 Å². The van der Waals surface area contributed by atoms with Crippen molar-refractivity contribution in [3.8, 4) is 0 Å². The summed E-state index contributed by atoms with van der Waals surface area (Å²) in [7, 11) is 0. The van der Waals surface area contributed by atoms with Gasteiger partial charge in [0.25, 0.3) is 0 Å². The standard InChI is InChI=1S/C13H8ClNO3/c14-10-7-6-9(13(17)18)11(15-10)12(16)8-4-2-1-3-5-8/h1-7H,(H,17,18). The molecule has 1 aromatic carbocycles. The van der Waals surface area contributed by atoms with Gasteiger partial charge in [-0.15, -0.1) is 0 Å². The Morgan fingerprint density at radius 3 is 2.33 bits per heavy atom. The van der Waals surface area contributed by atoms with E-state index in [1.807, 2.05) is 0 Å². The van der Waals surface area contributed by atoms with E-state index in [1.54, 1.807) is 30.3 Å². The summed E-state index contributed by atoms with van der Waals surface area (Å²) in [6.45, 7) is 0. The molecule has 0 amide bonds. The van der Waals surface area contributed by atoms with Crippen molar-refractivity contribution in [2.75, 3.05) is 0 Å². The van der Waals surface area contributed by atoms with Gasteiger partial charge in [-0.05, 0) is 12.1 Å². The van der Waals surface area contributed by atoms with E-state index in [9.17, 15) is 9.59 Å². The summed E-state index contributed by atoms with van der Waals surface area (Å²) in [6.07, 6.45) is 0. The number of ketones is 1. The van der Waals surface area contributed by atoms with Gasteiger partial charge >= 0.3 is 5.97 Å². The van der Waals surface area contributed by atoms with E-state index in [2.05, 4.69) is 4.98 Å². The highest BCUT2D eigenvalue weighted by molar-refractivity contribution is 6.30. The van der Waals surface area contributed by atoms with Crippen molar-refractivity contribution in [3.63, 3.8) is 0 Å². The first-order valence-corrected chi connectivity index (χ1v) is 5.47. The molecule has 0 atom stereocenters. The van der Waals surface area contributed by atoms with E-state index in [4.69, 9.17) is 16.7 Å². The molecule has 90 valence electrons. The molecule has 2 rings (SSSR count). The summed E-state index contributed by atoms with van der Waals surface area (Å²) in [4.78, 5) is 27.0. The monoisotopic (exact) mass is 261 g/mol. The zero-order valence-corrected chi connectivity index (χ0v) is 9.89. The molecule has 0 aliphatic rings. The number of pyridine rings is 1. The molecule has 0 aliphatic carbocycles. The van der Waals surface area contributed by atoms with Crippen LogP contribution in [0.25, 0.3) is 0 Å². The lowest BCUT2D eigenvalue weighted by molar-refractivity contribution is 0.0692. The first-order chi connectivity index (χ1) is 8.59. The molecular formula is C13H8ClNO3. The summed E-state index contributed by atoms with van der Waals surface area (Å²) < 4.78 is 0. The smallest absolute Gasteiger partial charge is 0.338 e. The third-order valence-corrected chi connectivity index (χ3v) is 2.55. The van der Waals surface area contributed by atoms with Crippen LogP contribution in [0.5, 0.6) is 0 Å². The van der Waals surface area contributed by atoms with Gasteiger partial charge in [-0.2, -0.15) is 0 Å². The highest BCUT2D eigenvalue weighted by Crippen LogP contribution is 2.16. The largest absolute Gasteiger partial charge is 0.478 e. The van der Waals surface area contributed by atoms with Crippen LogP contribution in [0.2, 0.25) is 5.15 Å². The molecular weight excluding hydrogens is 254 g/mol. The Labute approximate surface area is 108 Å². The van der Waals surface area contributed by atoms with E-state index in [0.717, 1.165) is 0 Å².